The van der Waals surface area contributed by atoms with Crippen LogP contribution in [0.25, 0.3) is 33.1 Å². The van der Waals surface area contributed by atoms with Crippen LogP contribution in [0.15, 0.2) is 126 Å². The average Bonchev–Trinajstić information content (AvgIpc) is 3.91. The lowest BCUT2D eigenvalue weighted by molar-refractivity contribution is -0.138. The molecule has 2 amide bonds. The lowest BCUT2D eigenvalue weighted by Crippen LogP contribution is -2.13. The lowest BCUT2D eigenvalue weighted by atomic mass is 10.1. The molecule has 0 unspecified atom stereocenters. The first kappa shape index (κ1) is 36.7. The number of hydrogen-bond acceptors (Lipinski definition) is 7. The number of nitrogens with one attached hydrogen (secondary N) is 2. The van der Waals surface area contributed by atoms with E-state index in [-0.39, 0.29) is 47.2 Å². The zero-order valence-electron chi connectivity index (χ0n) is 29.1. The van der Waals surface area contributed by atoms with Crippen LogP contribution in [-0.4, -0.2) is 41.3 Å². The fourth-order valence-electron chi connectivity index (χ4n) is 6.33. The number of nitrogens with zero attached hydrogens (tertiary/aromatic N) is 6. The molecule has 0 saturated heterocycles. The summed E-state index contributed by atoms with van der Waals surface area (Å²) in [5.41, 5.74) is 0.702. The normalized spacial score (nSPS) is 12.0. The number of rotatable bonds is 9. The summed E-state index contributed by atoms with van der Waals surface area (Å²) in [6.45, 7) is -0.164. The third kappa shape index (κ3) is 7.54. The van der Waals surface area contributed by atoms with Gasteiger partial charge in [-0.2, -0.15) is 36.5 Å². The van der Waals surface area contributed by atoms with E-state index in [2.05, 4.69) is 30.8 Å². The third-order valence-corrected chi connectivity index (χ3v) is 9.10. The number of carbonyl (C=O) groups excluding carboxylic acids is 2. The SMILES string of the molecule is O=C(Nc1nn(Cc2ccc(C(F)(F)F)cc2)c2cc(-c3cc(C(=O)Nc4nn(Cc5ccccc5C(F)(F)F)c5ccccc45)co3)ccc12)c1cncnc1. The number of fused-ring (bicyclic) bond motifs is 2. The monoisotopic (exact) mass is 780 g/mol. The Bertz CT molecular complexity index is 2770. The van der Waals surface area contributed by atoms with Crippen LogP contribution in [-0.2, 0) is 25.4 Å². The molecular formula is C40H26F6N8O3. The van der Waals surface area contributed by atoms with Gasteiger partial charge in [0.15, 0.2) is 11.6 Å². The van der Waals surface area contributed by atoms with Crippen LogP contribution < -0.4 is 10.6 Å². The van der Waals surface area contributed by atoms with E-state index in [1.165, 1.54) is 70.7 Å². The highest BCUT2D eigenvalue weighted by Gasteiger charge is 2.33. The van der Waals surface area contributed by atoms with Gasteiger partial charge in [0.25, 0.3) is 11.8 Å². The minimum Gasteiger partial charge on any atom is -0.464 e. The molecule has 0 aliphatic heterocycles. The van der Waals surface area contributed by atoms with Gasteiger partial charge in [0.05, 0.1) is 46.4 Å². The van der Waals surface area contributed by atoms with Gasteiger partial charge < -0.3 is 15.1 Å². The highest BCUT2D eigenvalue weighted by molar-refractivity contribution is 6.09. The molecule has 0 saturated carbocycles. The van der Waals surface area contributed by atoms with Gasteiger partial charge in [-0.3, -0.25) is 19.0 Å². The Morgan fingerprint density at radius 3 is 1.98 bits per heavy atom. The van der Waals surface area contributed by atoms with E-state index < -0.39 is 35.3 Å². The van der Waals surface area contributed by atoms with E-state index in [9.17, 15) is 35.9 Å². The van der Waals surface area contributed by atoms with Gasteiger partial charge in [-0.1, -0.05) is 48.5 Å². The number of alkyl halides is 6. The fourth-order valence-corrected chi connectivity index (χ4v) is 6.33. The van der Waals surface area contributed by atoms with Gasteiger partial charge in [0.2, 0.25) is 0 Å². The number of para-hydroxylation sites is 1. The molecule has 0 bridgehead atoms. The summed E-state index contributed by atoms with van der Waals surface area (Å²) in [5, 5.41) is 15.5. The second-order valence-electron chi connectivity index (χ2n) is 12.8. The molecular weight excluding hydrogens is 754 g/mol. The number of benzene rings is 4. The molecule has 4 heterocycles. The van der Waals surface area contributed by atoms with Gasteiger partial charge >= 0.3 is 12.4 Å². The fraction of sp³-hybridized carbons (Fsp3) is 0.100. The van der Waals surface area contributed by atoms with Crippen molar-refractivity contribution in [3.63, 3.8) is 0 Å². The van der Waals surface area contributed by atoms with Crippen LogP contribution in [0.1, 0.15) is 43.0 Å². The van der Waals surface area contributed by atoms with Gasteiger partial charge in [-0.05, 0) is 59.7 Å². The molecule has 17 heteroatoms. The van der Waals surface area contributed by atoms with Crippen molar-refractivity contribution >= 4 is 45.3 Å². The molecule has 0 spiro atoms. The molecule has 0 aliphatic carbocycles. The molecule has 0 atom stereocenters. The summed E-state index contributed by atoms with van der Waals surface area (Å²) < 4.78 is 89.6. The van der Waals surface area contributed by atoms with Gasteiger partial charge in [0, 0.05) is 28.7 Å². The first-order chi connectivity index (χ1) is 27.3. The molecule has 0 aliphatic rings. The molecule has 0 fully saturated rings. The van der Waals surface area contributed by atoms with Crippen LogP contribution in [0.2, 0.25) is 0 Å². The van der Waals surface area contributed by atoms with E-state index in [1.54, 1.807) is 42.5 Å². The van der Waals surface area contributed by atoms with Crippen molar-refractivity contribution in [3.8, 4) is 11.3 Å². The molecule has 0 radical (unpaired) electrons. The maximum absolute atomic E-state index is 13.7. The van der Waals surface area contributed by atoms with Crippen molar-refractivity contribution in [1.82, 2.24) is 29.5 Å². The Morgan fingerprint density at radius 1 is 0.649 bits per heavy atom. The number of hydrogen-bond donors (Lipinski definition) is 2. The highest BCUT2D eigenvalue weighted by Crippen LogP contribution is 2.35. The van der Waals surface area contributed by atoms with Crippen LogP contribution in [0.5, 0.6) is 0 Å². The minimum atomic E-state index is -4.57. The van der Waals surface area contributed by atoms with Gasteiger partial charge in [-0.25, -0.2) is 9.97 Å². The maximum atomic E-state index is 13.7. The van der Waals surface area contributed by atoms with Crippen molar-refractivity contribution < 1.29 is 40.3 Å². The Hall–Kier alpha value is -7.30. The summed E-state index contributed by atoms with van der Waals surface area (Å²) in [7, 11) is 0. The van der Waals surface area contributed by atoms with Gasteiger partial charge in [-0.15, -0.1) is 0 Å². The Labute approximate surface area is 317 Å². The Balaban J connectivity index is 1.08. The topological polar surface area (TPSA) is 133 Å². The molecule has 8 rings (SSSR count). The van der Waals surface area contributed by atoms with Crippen LogP contribution in [0.4, 0.5) is 38.0 Å². The van der Waals surface area contributed by atoms with Crippen LogP contribution in [0, 0.1) is 0 Å². The largest absolute Gasteiger partial charge is 0.464 e. The van der Waals surface area contributed by atoms with Crippen molar-refractivity contribution in [2.24, 2.45) is 0 Å². The molecule has 4 aromatic carbocycles. The average molecular weight is 781 g/mol. The van der Waals surface area contributed by atoms with E-state index >= 15 is 0 Å². The summed E-state index contributed by atoms with van der Waals surface area (Å²) in [5.74, 6) is -0.556. The number of carbonyl (C=O) groups is 2. The number of halogens is 6. The molecule has 4 aromatic heterocycles. The summed E-state index contributed by atoms with van der Waals surface area (Å²) >= 11 is 0. The molecule has 286 valence electrons. The molecule has 57 heavy (non-hydrogen) atoms. The number of aromatic nitrogens is 6. The Morgan fingerprint density at radius 2 is 1.28 bits per heavy atom. The van der Waals surface area contributed by atoms with E-state index in [4.69, 9.17) is 4.42 Å². The molecule has 11 nitrogen and oxygen atoms in total. The Kier molecular flexibility index (Phi) is 9.27. The number of anilines is 2. The second kappa shape index (κ2) is 14.4. The predicted molar refractivity (Wildman–Crippen MR) is 196 cm³/mol. The number of amides is 2. The zero-order valence-corrected chi connectivity index (χ0v) is 29.1. The summed E-state index contributed by atoms with van der Waals surface area (Å²) in [4.78, 5) is 34.3. The second-order valence-corrected chi connectivity index (χ2v) is 12.8. The number of furan rings is 1. The first-order valence-corrected chi connectivity index (χ1v) is 17.1. The highest BCUT2D eigenvalue weighted by atomic mass is 19.4. The third-order valence-electron chi connectivity index (χ3n) is 9.10. The van der Waals surface area contributed by atoms with E-state index in [0.29, 0.717) is 32.9 Å². The first-order valence-electron chi connectivity index (χ1n) is 17.1. The van der Waals surface area contributed by atoms with Gasteiger partial charge in [0.1, 0.15) is 18.4 Å². The summed E-state index contributed by atoms with van der Waals surface area (Å²) in [6.07, 6.45) is -3.90. The predicted octanol–water partition coefficient (Wildman–Crippen LogP) is 9.07. The minimum absolute atomic E-state index is 0.00794. The zero-order chi connectivity index (χ0) is 39.9. The summed E-state index contributed by atoms with van der Waals surface area (Å²) in [6, 6.07) is 23.2. The van der Waals surface area contributed by atoms with Crippen molar-refractivity contribution in [2.75, 3.05) is 10.6 Å². The maximum Gasteiger partial charge on any atom is 0.416 e. The van der Waals surface area contributed by atoms with Crippen molar-refractivity contribution in [3.05, 3.63) is 155 Å². The van der Waals surface area contributed by atoms with Crippen LogP contribution in [0.3, 0.4) is 0 Å². The molecule has 2 N–H and O–H groups in total. The van der Waals surface area contributed by atoms with Crippen molar-refractivity contribution in [1.29, 1.82) is 0 Å². The lowest BCUT2D eigenvalue weighted by Gasteiger charge is -2.13. The quantitative estimate of drug-likeness (QED) is 0.140. The van der Waals surface area contributed by atoms with E-state index in [0.717, 1.165) is 18.2 Å². The molecule has 8 aromatic rings. The van der Waals surface area contributed by atoms with Crippen molar-refractivity contribution in [2.45, 2.75) is 25.4 Å². The van der Waals surface area contributed by atoms with E-state index in [1.807, 2.05) is 0 Å². The smallest absolute Gasteiger partial charge is 0.416 e. The standard InChI is InChI=1S/C40H26F6N8O3/c41-39(42,43)28-12-9-23(10-13-28)19-53-33-15-24(11-14-30(33)36(51-53)50-38(56)27-17-47-22-48-18-27)34-16-26(21-57-34)37(55)49-35-29-6-2-4-8-32(29)54(52-35)20-25-5-1-3-7-31(25)40(44,45)46/h1-18,21-22H,19-20H2,(H,49,52,55)(H,50,51,56). The van der Waals surface area contributed by atoms with Crippen LogP contribution >= 0.6 is 0 Å².